The second-order valence-corrected chi connectivity index (χ2v) is 6.47. The largest absolute Gasteiger partial charge is 0.381 e. The molecule has 3 unspecified atom stereocenters. The van der Waals surface area contributed by atoms with Gasteiger partial charge >= 0.3 is 0 Å². The second-order valence-electron chi connectivity index (χ2n) is 5.14. The van der Waals surface area contributed by atoms with Gasteiger partial charge in [0, 0.05) is 10.5 Å². The Kier molecular flexibility index (Phi) is 4.37. The molecule has 0 spiro atoms. The molecule has 1 N–H and O–H groups in total. The highest BCUT2D eigenvalue weighted by Gasteiger charge is 2.27. The Labute approximate surface area is 117 Å². The van der Waals surface area contributed by atoms with Crippen LogP contribution in [0.4, 0.5) is 5.69 Å². The summed E-state index contributed by atoms with van der Waals surface area (Å²) >= 11 is 9.71. The topological polar surface area (TPSA) is 12.0 Å². The van der Waals surface area contributed by atoms with E-state index in [1.807, 2.05) is 12.1 Å². The third-order valence-electron chi connectivity index (χ3n) is 3.98. The average molecular weight is 317 g/mol. The Balaban J connectivity index is 2.11. The zero-order valence-electron chi connectivity index (χ0n) is 10.3. The van der Waals surface area contributed by atoms with Crippen LogP contribution in [0.25, 0.3) is 0 Å². The fourth-order valence-electron chi connectivity index (χ4n) is 2.59. The van der Waals surface area contributed by atoms with Crippen LogP contribution in [0.3, 0.4) is 0 Å². The molecule has 1 aliphatic carbocycles. The fourth-order valence-corrected chi connectivity index (χ4v) is 3.13. The minimum Gasteiger partial charge on any atom is -0.381 e. The van der Waals surface area contributed by atoms with E-state index < -0.39 is 0 Å². The molecule has 0 aliphatic heterocycles. The molecule has 1 aromatic carbocycles. The summed E-state index contributed by atoms with van der Waals surface area (Å²) < 4.78 is 1.07. The van der Waals surface area contributed by atoms with Crippen molar-refractivity contribution in [2.24, 2.45) is 11.8 Å². The molecule has 0 aromatic heterocycles. The summed E-state index contributed by atoms with van der Waals surface area (Å²) in [7, 11) is 0. The summed E-state index contributed by atoms with van der Waals surface area (Å²) in [6.45, 7) is 4.69. The molecule has 94 valence electrons. The van der Waals surface area contributed by atoms with Gasteiger partial charge in [-0.1, -0.05) is 54.2 Å². The standard InChI is InChI=1S/C14H19BrClN/c1-9-4-3-5-13(10(9)2)17-14-8-11(15)6-7-12(14)16/h6-10,13,17H,3-5H2,1-2H3. The van der Waals surface area contributed by atoms with Crippen molar-refractivity contribution in [2.75, 3.05) is 5.32 Å². The summed E-state index contributed by atoms with van der Waals surface area (Å²) in [5, 5.41) is 4.41. The van der Waals surface area contributed by atoms with Crippen LogP contribution >= 0.6 is 27.5 Å². The second kappa shape index (κ2) is 5.62. The summed E-state index contributed by atoms with van der Waals surface area (Å²) in [6.07, 6.45) is 3.91. The first-order valence-corrected chi connectivity index (χ1v) is 7.46. The lowest BCUT2D eigenvalue weighted by molar-refractivity contribution is 0.253. The van der Waals surface area contributed by atoms with Crippen LogP contribution < -0.4 is 5.32 Å². The van der Waals surface area contributed by atoms with Crippen molar-refractivity contribution in [2.45, 2.75) is 39.2 Å². The van der Waals surface area contributed by atoms with Gasteiger partial charge in [-0.3, -0.25) is 0 Å². The van der Waals surface area contributed by atoms with Crippen LogP contribution in [0, 0.1) is 11.8 Å². The predicted molar refractivity (Wildman–Crippen MR) is 78.7 cm³/mol. The number of rotatable bonds is 2. The molecule has 1 aromatic rings. The number of anilines is 1. The van der Waals surface area contributed by atoms with Gasteiger partial charge < -0.3 is 5.32 Å². The Morgan fingerprint density at radius 3 is 2.82 bits per heavy atom. The van der Waals surface area contributed by atoms with Crippen molar-refractivity contribution in [3.63, 3.8) is 0 Å². The summed E-state index contributed by atoms with van der Waals surface area (Å²) in [6, 6.07) is 6.52. The highest BCUT2D eigenvalue weighted by atomic mass is 79.9. The zero-order chi connectivity index (χ0) is 12.4. The van der Waals surface area contributed by atoms with Crippen LogP contribution in [0.5, 0.6) is 0 Å². The maximum absolute atomic E-state index is 6.22. The number of hydrogen-bond donors (Lipinski definition) is 1. The van der Waals surface area contributed by atoms with E-state index in [-0.39, 0.29) is 0 Å². The summed E-state index contributed by atoms with van der Waals surface area (Å²) in [4.78, 5) is 0. The lowest BCUT2D eigenvalue weighted by Crippen LogP contribution is -2.35. The molecule has 0 bridgehead atoms. The molecule has 3 heteroatoms. The highest BCUT2D eigenvalue weighted by Crippen LogP contribution is 2.34. The quantitative estimate of drug-likeness (QED) is 0.776. The molecule has 1 aliphatic rings. The maximum atomic E-state index is 6.22. The third-order valence-corrected chi connectivity index (χ3v) is 4.80. The van der Waals surface area contributed by atoms with Crippen LogP contribution in [0.2, 0.25) is 5.02 Å². The van der Waals surface area contributed by atoms with E-state index in [1.165, 1.54) is 19.3 Å². The van der Waals surface area contributed by atoms with Crippen molar-refractivity contribution in [3.05, 3.63) is 27.7 Å². The Morgan fingerprint density at radius 1 is 1.29 bits per heavy atom. The molecule has 0 radical (unpaired) electrons. The van der Waals surface area contributed by atoms with Crippen molar-refractivity contribution in [3.8, 4) is 0 Å². The fraction of sp³-hybridized carbons (Fsp3) is 0.571. The molecule has 1 nitrogen and oxygen atoms in total. The molecule has 2 rings (SSSR count). The van der Waals surface area contributed by atoms with Gasteiger partial charge in [0.25, 0.3) is 0 Å². The van der Waals surface area contributed by atoms with Gasteiger partial charge in [-0.25, -0.2) is 0 Å². The Bertz CT molecular complexity index is 394. The summed E-state index contributed by atoms with van der Waals surface area (Å²) in [5.74, 6) is 1.51. The van der Waals surface area contributed by atoms with E-state index in [2.05, 4.69) is 41.2 Å². The molecule has 0 heterocycles. The van der Waals surface area contributed by atoms with Crippen LogP contribution in [-0.4, -0.2) is 6.04 Å². The maximum Gasteiger partial charge on any atom is 0.0638 e. The molecular weight excluding hydrogens is 298 g/mol. The van der Waals surface area contributed by atoms with E-state index in [9.17, 15) is 0 Å². The van der Waals surface area contributed by atoms with Crippen molar-refractivity contribution in [1.29, 1.82) is 0 Å². The van der Waals surface area contributed by atoms with Gasteiger partial charge in [-0.05, 0) is 36.5 Å². The van der Waals surface area contributed by atoms with Crippen molar-refractivity contribution < 1.29 is 0 Å². The third kappa shape index (κ3) is 3.17. The lowest BCUT2D eigenvalue weighted by atomic mass is 9.78. The van der Waals surface area contributed by atoms with Gasteiger partial charge in [0.2, 0.25) is 0 Å². The van der Waals surface area contributed by atoms with Crippen molar-refractivity contribution in [1.82, 2.24) is 0 Å². The molecule has 0 saturated heterocycles. The zero-order valence-corrected chi connectivity index (χ0v) is 12.7. The monoisotopic (exact) mass is 315 g/mol. The van der Waals surface area contributed by atoms with Crippen molar-refractivity contribution >= 4 is 33.2 Å². The molecular formula is C14H19BrClN. The molecule has 1 fully saturated rings. The number of hydrogen-bond acceptors (Lipinski definition) is 1. The molecule has 3 atom stereocenters. The molecule has 0 amide bonds. The van der Waals surface area contributed by atoms with Crippen LogP contribution in [-0.2, 0) is 0 Å². The van der Waals surface area contributed by atoms with E-state index in [0.29, 0.717) is 12.0 Å². The number of nitrogens with one attached hydrogen (secondary N) is 1. The van der Waals surface area contributed by atoms with Gasteiger partial charge in [0.15, 0.2) is 0 Å². The van der Waals surface area contributed by atoms with E-state index in [1.54, 1.807) is 0 Å². The minimum absolute atomic E-state index is 0.547. The Hall–Kier alpha value is -0.210. The van der Waals surface area contributed by atoms with Gasteiger partial charge in [0.1, 0.15) is 0 Å². The molecule has 17 heavy (non-hydrogen) atoms. The van der Waals surface area contributed by atoms with Gasteiger partial charge in [-0.15, -0.1) is 0 Å². The molecule has 1 saturated carbocycles. The Morgan fingerprint density at radius 2 is 2.06 bits per heavy atom. The average Bonchev–Trinajstić information content (AvgIpc) is 2.30. The number of halogens is 2. The van der Waals surface area contributed by atoms with Gasteiger partial charge in [0.05, 0.1) is 10.7 Å². The van der Waals surface area contributed by atoms with E-state index in [0.717, 1.165) is 21.1 Å². The first-order valence-electron chi connectivity index (χ1n) is 6.29. The number of benzene rings is 1. The van der Waals surface area contributed by atoms with Gasteiger partial charge in [-0.2, -0.15) is 0 Å². The van der Waals surface area contributed by atoms with Crippen LogP contribution in [0.15, 0.2) is 22.7 Å². The predicted octanol–water partition coefficient (Wildman–Crippen LogP) is 5.34. The lowest BCUT2D eigenvalue weighted by Gasteiger charge is -2.35. The first-order chi connectivity index (χ1) is 8.08. The van der Waals surface area contributed by atoms with Crippen LogP contribution in [0.1, 0.15) is 33.1 Å². The smallest absolute Gasteiger partial charge is 0.0638 e. The first kappa shape index (κ1) is 13.2. The van der Waals surface area contributed by atoms with E-state index >= 15 is 0 Å². The summed E-state index contributed by atoms with van der Waals surface area (Å²) in [5.41, 5.74) is 1.05. The van der Waals surface area contributed by atoms with E-state index in [4.69, 9.17) is 11.6 Å². The minimum atomic E-state index is 0.547. The SMILES string of the molecule is CC1CCCC(Nc2cc(Br)ccc2Cl)C1C. The highest BCUT2D eigenvalue weighted by molar-refractivity contribution is 9.10. The normalized spacial score (nSPS) is 29.1.